The number of pyridine rings is 1. The van der Waals surface area contributed by atoms with Gasteiger partial charge in [0.15, 0.2) is 0 Å². The zero-order chi connectivity index (χ0) is 12.1. The number of aromatic nitrogens is 1. The van der Waals surface area contributed by atoms with Gasteiger partial charge in [0.1, 0.15) is 17.3 Å². The number of nitrogens with one attached hydrogen (secondary N) is 1. The van der Waals surface area contributed by atoms with Gasteiger partial charge in [-0.1, -0.05) is 6.07 Å². The topological polar surface area (TPSA) is 65.8 Å². The van der Waals surface area contributed by atoms with Crippen molar-refractivity contribution < 1.29 is 4.79 Å². The molecule has 0 unspecified atom stereocenters. The molecule has 1 fully saturated rings. The van der Waals surface area contributed by atoms with Crippen molar-refractivity contribution in [3.8, 4) is 6.07 Å². The monoisotopic (exact) mass is 227 g/mol. The summed E-state index contributed by atoms with van der Waals surface area (Å²) in [4.78, 5) is 16.1. The molecule has 86 valence electrons. The number of hydrogen-bond donors (Lipinski definition) is 1. The summed E-state index contributed by atoms with van der Waals surface area (Å²) >= 11 is 0. The van der Waals surface area contributed by atoms with Gasteiger partial charge in [0.2, 0.25) is 5.78 Å². The summed E-state index contributed by atoms with van der Waals surface area (Å²) in [7, 11) is 0. The lowest BCUT2D eigenvalue weighted by molar-refractivity contribution is 0.103. The Morgan fingerprint density at radius 3 is 2.88 bits per heavy atom. The predicted octanol–water partition coefficient (Wildman–Crippen LogP) is 1.82. The second-order valence-electron chi connectivity index (χ2n) is 3.89. The van der Waals surface area contributed by atoms with Crippen LogP contribution in [0.25, 0.3) is 0 Å². The number of carbonyl (C=O) groups is 1. The van der Waals surface area contributed by atoms with Crippen molar-refractivity contribution in [2.24, 2.45) is 0 Å². The van der Waals surface area contributed by atoms with Crippen LogP contribution >= 0.6 is 0 Å². The largest absolute Gasteiger partial charge is 0.387 e. The molecule has 0 amide bonds. The molecule has 17 heavy (non-hydrogen) atoms. The Bertz CT molecular complexity index is 477. The highest BCUT2D eigenvalue weighted by molar-refractivity contribution is 6.10. The van der Waals surface area contributed by atoms with Gasteiger partial charge in [-0.15, -0.1) is 0 Å². The second kappa shape index (κ2) is 5.26. The molecular weight excluding hydrogens is 214 g/mol. The van der Waals surface area contributed by atoms with Crippen molar-refractivity contribution in [1.82, 2.24) is 10.3 Å². The van der Waals surface area contributed by atoms with Crippen molar-refractivity contribution >= 4 is 5.78 Å². The fourth-order valence-corrected chi connectivity index (χ4v) is 1.85. The minimum absolute atomic E-state index is 0.198. The summed E-state index contributed by atoms with van der Waals surface area (Å²) in [5.41, 5.74) is 1.28. The number of carbonyl (C=O) groups excluding carboxylic acids is 1. The number of allylic oxidation sites excluding steroid dienone is 2. The van der Waals surface area contributed by atoms with E-state index in [1.807, 2.05) is 6.07 Å². The first kappa shape index (κ1) is 11.3. The predicted molar refractivity (Wildman–Crippen MR) is 63.1 cm³/mol. The zero-order valence-corrected chi connectivity index (χ0v) is 9.44. The lowest BCUT2D eigenvalue weighted by Crippen LogP contribution is -2.23. The number of nitriles is 1. The van der Waals surface area contributed by atoms with E-state index in [0.29, 0.717) is 5.69 Å². The van der Waals surface area contributed by atoms with Gasteiger partial charge in [0, 0.05) is 18.4 Å². The molecule has 2 rings (SSSR count). The fourth-order valence-electron chi connectivity index (χ4n) is 1.85. The molecule has 1 saturated heterocycles. The number of Topliss-reactive ketones (excluding diaryl/α,β-unsaturated/α-hetero) is 1. The minimum Gasteiger partial charge on any atom is -0.387 e. The Hall–Kier alpha value is -2.15. The third kappa shape index (κ3) is 2.51. The molecule has 0 aliphatic carbocycles. The molecule has 1 aromatic heterocycles. The maximum atomic E-state index is 12.1. The number of rotatable bonds is 2. The van der Waals surface area contributed by atoms with Crippen molar-refractivity contribution in [2.75, 3.05) is 6.54 Å². The molecule has 0 saturated carbocycles. The minimum atomic E-state index is -0.294. The van der Waals surface area contributed by atoms with Crippen LogP contribution in [0, 0.1) is 11.3 Å². The smallest absolute Gasteiger partial charge is 0.223 e. The van der Waals surface area contributed by atoms with E-state index in [9.17, 15) is 4.79 Å². The van der Waals surface area contributed by atoms with Gasteiger partial charge in [-0.25, -0.2) is 0 Å². The summed E-state index contributed by atoms with van der Waals surface area (Å²) in [5, 5.41) is 12.2. The van der Waals surface area contributed by atoms with Gasteiger partial charge < -0.3 is 5.32 Å². The van der Waals surface area contributed by atoms with Gasteiger partial charge in [0.25, 0.3) is 0 Å². The van der Waals surface area contributed by atoms with Crippen LogP contribution in [-0.4, -0.2) is 17.3 Å². The molecule has 4 nitrogen and oxygen atoms in total. The number of hydrogen-bond acceptors (Lipinski definition) is 4. The van der Waals surface area contributed by atoms with E-state index in [-0.39, 0.29) is 11.4 Å². The molecule has 1 aromatic rings. The van der Waals surface area contributed by atoms with Crippen molar-refractivity contribution in [2.45, 2.75) is 19.3 Å². The summed E-state index contributed by atoms with van der Waals surface area (Å²) in [5.74, 6) is -0.294. The third-order valence-electron chi connectivity index (χ3n) is 2.73. The molecule has 1 aliphatic heterocycles. The van der Waals surface area contributed by atoms with E-state index < -0.39 is 0 Å². The van der Waals surface area contributed by atoms with Gasteiger partial charge in [-0.3, -0.25) is 9.78 Å². The maximum Gasteiger partial charge on any atom is 0.223 e. The lowest BCUT2D eigenvalue weighted by Gasteiger charge is -2.17. The summed E-state index contributed by atoms with van der Waals surface area (Å²) in [6.45, 7) is 0.829. The van der Waals surface area contributed by atoms with Crippen LogP contribution in [0.1, 0.15) is 29.8 Å². The molecule has 4 heteroatoms. The van der Waals surface area contributed by atoms with E-state index in [4.69, 9.17) is 5.26 Å². The Balaban J connectivity index is 2.31. The SMILES string of the molecule is N#C/C(C(=O)c1ccccn1)=C1\CCCCN1. The van der Waals surface area contributed by atoms with Crippen LogP contribution in [0.4, 0.5) is 0 Å². The van der Waals surface area contributed by atoms with E-state index in [1.54, 1.807) is 24.4 Å². The number of ketones is 1. The molecule has 0 radical (unpaired) electrons. The van der Waals surface area contributed by atoms with Crippen LogP contribution in [0.5, 0.6) is 0 Å². The molecule has 1 aliphatic rings. The van der Waals surface area contributed by atoms with E-state index in [0.717, 1.165) is 31.5 Å². The molecule has 0 aromatic carbocycles. The molecule has 0 spiro atoms. The van der Waals surface area contributed by atoms with E-state index in [2.05, 4.69) is 10.3 Å². The quantitative estimate of drug-likeness (QED) is 0.475. The van der Waals surface area contributed by atoms with Crippen LogP contribution in [0.2, 0.25) is 0 Å². The van der Waals surface area contributed by atoms with Gasteiger partial charge in [-0.05, 0) is 31.4 Å². The first-order chi connectivity index (χ1) is 8.33. The zero-order valence-electron chi connectivity index (χ0n) is 9.44. The highest BCUT2D eigenvalue weighted by Gasteiger charge is 2.19. The number of piperidine rings is 1. The molecule has 0 atom stereocenters. The Kier molecular flexibility index (Phi) is 3.51. The van der Waals surface area contributed by atoms with Crippen molar-refractivity contribution in [3.05, 3.63) is 41.4 Å². The fraction of sp³-hybridized carbons (Fsp3) is 0.308. The first-order valence-corrected chi connectivity index (χ1v) is 5.66. The second-order valence-corrected chi connectivity index (χ2v) is 3.89. The van der Waals surface area contributed by atoms with Crippen LogP contribution < -0.4 is 5.32 Å². The lowest BCUT2D eigenvalue weighted by atomic mass is 10.0. The third-order valence-corrected chi connectivity index (χ3v) is 2.73. The highest BCUT2D eigenvalue weighted by Crippen LogP contribution is 2.17. The maximum absolute atomic E-state index is 12.1. The van der Waals surface area contributed by atoms with Gasteiger partial charge in [0.05, 0.1) is 0 Å². The molecule has 2 heterocycles. The van der Waals surface area contributed by atoms with Crippen LogP contribution in [0.3, 0.4) is 0 Å². The standard InChI is InChI=1S/C13H13N3O/c14-9-10(11-5-1-3-7-15-11)13(17)12-6-2-4-8-16-12/h2,4,6,8,15H,1,3,5,7H2/b11-10-. The van der Waals surface area contributed by atoms with Crippen molar-refractivity contribution in [3.63, 3.8) is 0 Å². The molecule has 1 N–H and O–H groups in total. The summed E-state index contributed by atoms with van der Waals surface area (Å²) < 4.78 is 0. The average molecular weight is 227 g/mol. The van der Waals surface area contributed by atoms with Crippen molar-refractivity contribution in [1.29, 1.82) is 5.26 Å². The Morgan fingerprint density at radius 1 is 1.41 bits per heavy atom. The van der Waals surface area contributed by atoms with Gasteiger partial charge >= 0.3 is 0 Å². The van der Waals surface area contributed by atoms with E-state index >= 15 is 0 Å². The average Bonchev–Trinajstić information content (AvgIpc) is 2.42. The van der Waals surface area contributed by atoms with E-state index in [1.165, 1.54) is 0 Å². The Morgan fingerprint density at radius 2 is 2.29 bits per heavy atom. The van der Waals surface area contributed by atoms with Crippen LogP contribution in [0.15, 0.2) is 35.7 Å². The molecular formula is C13H13N3O. The number of nitrogens with zero attached hydrogens (tertiary/aromatic N) is 2. The normalized spacial score (nSPS) is 17.8. The molecule has 0 bridgehead atoms. The van der Waals surface area contributed by atoms with Crippen LogP contribution in [-0.2, 0) is 0 Å². The highest BCUT2D eigenvalue weighted by atomic mass is 16.1. The van der Waals surface area contributed by atoms with Gasteiger partial charge in [-0.2, -0.15) is 5.26 Å². The Labute approximate surface area is 100.0 Å². The summed E-state index contributed by atoms with van der Waals surface area (Å²) in [6.07, 6.45) is 4.42. The summed E-state index contributed by atoms with van der Waals surface area (Å²) in [6, 6.07) is 7.11. The first-order valence-electron chi connectivity index (χ1n) is 5.66.